The van der Waals surface area contributed by atoms with Gasteiger partial charge in [-0.2, -0.15) is 0 Å². The Morgan fingerprint density at radius 3 is 2.40 bits per heavy atom. The largest absolute Gasteiger partial charge is 0.352 e. The van der Waals surface area contributed by atoms with Crippen LogP contribution in [-0.4, -0.2) is 14.3 Å². The molecule has 0 aromatic heterocycles. The van der Waals surface area contributed by atoms with Crippen LogP contribution in [0.25, 0.3) is 0 Å². The number of hydrogen-bond acceptors (Lipinski definition) is 3. The summed E-state index contributed by atoms with van der Waals surface area (Å²) in [5.41, 5.74) is 2.55. The van der Waals surface area contributed by atoms with Gasteiger partial charge in [0.2, 0.25) is 15.9 Å². The van der Waals surface area contributed by atoms with Crippen molar-refractivity contribution in [2.75, 3.05) is 0 Å². The first-order valence-electron chi connectivity index (χ1n) is 7.94. The van der Waals surface area contributed by atoms with Crippen LogP contribution in [-0.2, 0) is 27.1 Å². The maximum atomic E-state index is 12.3. The predicted octanol–water partition coefficient (Wildman–Crippen LogP) is 2.55. The van der Waals surface area contributed by atoms with Crippen molar-refractivity contribution < 1.29 is 13.2 Å². The molecule has 0 aliphatic heterocycles. The minimum atomic E-state index is -3.54. The molecule has 1 aliphatic rings. The van der Waals surface area contributed by atoms with E-state index in [-0.39, 0.29) is 23.5 Å². The molecule has 0 radical (unpaired) electrons. The molecule has 2 aromatic rings. The fourth-order valence-corrected chi connectivity index (χ4v) is 3.84. The zero-order chi connectivity index (χ0) is 18.0. The van der Waals surface area contributed by atoms with E-state index in [2.05, 4.69) is 5.32 Å². The van der Waals surface area contributed by atoms with Gasteiger partial charge in [-0.1, -0.05) is 54.1 Å². The van der Waals surface area contributed by atoms with Crippen LogP contribution < -0.4 is 10.5 Å². The van der Waals surface area contributed by atoms with E-state index >= 15 is 0 Å². The number of sulfonamides is 1. The van der Waals surface area contributed by atoms with E-state index in [1.165, 1.54) is 0 Å². The van der Waals surface area contributed by atoms with Crippen LogP contribution in [0.5, 0.6) is 0 Å². The zero-order valence-corrected chi connectivity index (χ0v) is 15.1. The van der Waals surface area contributed by atoms with Crippen LogP contribution in [0.2, 0.25) is 5.02 Å². The third kappa shape index (κ3) is 4.81. The van der Waals surface area contributed by atoms with Gasteiger partial charge in [0.1, 0.15) is 0 Å². The highest BCUT2D eigenvalue weighted by molar-refractivity contribution is 7.88. The Hall–Kier alpha value is -1.89. The number of benzene rings is 2. The van der Waals surface area contributed by atoms with Gasteiger partial charge in [0.25, 0.3) is 0 Å². The first kappa shape index (κ1) is 17.9. The first-order chi connectivity index (χ1) is 11.8. The van der Waals surface area contributed by atoms with Gasteiger partial charge in [0.15, 0.2) is 0 Å². The fraction of sp³-hybridized carbons (Fsp3) is 0.278. The van der Waals surface area contributed by atoms with Crippen molar-refractivity contribution >= 4 is 27.5 Å². The van der Waals surface area contributed by atoms with Gasteiger partial charge in [-0.15, -0.1) is 0 Å². The predicted molar refractivity (Wildman–Crippen MR) is 97.4 cm³/mol. The number of carbonyl (C=O) groups is 1. The van der Waals surface area contributed by atoms with Gasteiger partial charge < -0.3 is 5.32 Å². The van der Waals surface area contributed by atoms with Gasteiger partial charge in [-0.25, -0.2) is 13.6 Å². The number of nitrogens with one attached hydrogen (secondary N) is 1. The Labute approximate surface area is 152 Å². The second-order valence-electron chi connectivity index (χ2n) is 6.31. The van der Waals surface area contributed by atoms with Crippen LogP contribution >= 0.6 is 11.6 Å². The molecule has 3 rings (SSSR count). The molecule has 1 aliphatic carbocycles. The van der Waals surface area contributed by atoms with Gasteiger partial charge in [-0.3, -0.25) is 4.79 Å². The van der Waals surface area contributed by atoms with E-state index in [4.69, 9.17) is 16.7 Å². The van der Waals surface area contributed by atoms with Crippen molar-refractivity contribution in [3.8, 4) is 0 Å². The molecule has 1 amide bonds. The first-order valence-corrected chi connectivity index (χ1v) is 10.0. The number of nitrogens with two attached hydrogens (primary N) is 1. The number of hydrogen-bond donors (Lipinski definition) is 2. The summed E-state index contributed by atoms with van der Waals surface area (Å²) in [4.78, 5) is 12.3. The summed E-state index contributed by atoms with van der Waals surface area (Å²) < 4.78 is 22.1. The van der Waals surface area contributed by atoms with Crippen LogP contribution in [0, 0.1) is 5.92 Å². The van der Waals surface area contributed by atoms with Crippen molar-refractivity contribution in [1.82, 2.24) is 5.32 Å². The topological polar surface area (TPSA) is 89.3 Å². The number of amides is 1. The molecule has 3 N–H and O–H groups in total. The monoisotopic (exact) mass is 378 g/mol. The fourth-order valence-electron chi connectivity index (χ4n) is 2.91. The summed E-state index contributed by atoms with van der Waals surface area (Å²) in [5, 5.41) is 8.65. The van der Waals surface area contributed by atoms with E-state index in [1.807, 2.05) is 24.3 Å². The molecular formula is C18H19ClN2O3S. The van der Waals surface area contributed by atoms with E-state index in [1.54, 1.807) is 24.3 Å². The molecule has 7 heteroatoms. The van der Waals surface area contributed by atoms with Crippen molar-refractivity contribution in [1.29, 1.82) is 0 Å². The van der Waals surface area contributed by atoms with Gasteiger partial charge >= 0.3 is 0 Å². The van der Waals surface area contributed by atoms with E-state index in [0.29, 0.717) is 17.1 Å². The lowest BCUT2D eigenvalue weighted by molar-refractivity contribution is -0.122. The number of carbonyl (C=O) groups excluding carboxylic acids is 1. The molecule has 0 saturated heterocycles. The SMILES string of the molecule is NS(=O)(=O)Cc1ccc(CNC(=O)[C@@H]2C[C@H]2c2ccccc2Cl)cc1. The molecular weight excluding hydrogens is 360 g/mol. The molecule has 1 saturated carbocycles. The normalized spacial score (nSPS) is 19.4. The average molecular weight is 379 g/mol. The van der Waals surface area contributed by atoms with Gasteiger partial charge in [0.05, 0.1) is 5.75 Å². The third-order valence-corrected chi connectivity index (χ3v) is 5.37. The summed E-state index contributed by atoms with van der Waals surface area (Å²) in [6, 6.07) is 14.6. The molecule has 2 atom stereocenters. The van der Waals surface area contributed by atoms with Gasteiger partial charge in [-0.05, 0) is 35.1 Å². The average Bonchev–Trinajstić information content (AvgIpc) is 3.33. The lowest BCUT2D eigenvalue weighted by Gasteiger charge is -2.07. The highest BCUT2D eigenvalue weighted by Crippen LogP contribution is 2.49. The van der Waals surface area contributed by atoms with Crippen molar-refractivity contribution in [3.63, 3.8) is 0 Å². The zero-order valence-electron chi connectivity index (χ0n) is 13.5. The molecule has 25 heavy (non-hydrogen) atoms. The number of primary sulfonamides is 1. The lowest BCUT2D eigenvalue weighted by atomic mass is 10.1. The Kier molecular flexibility index (Phi) is 5.13. The standard InChI is InChI=1S/C18H19ClN2O3S/c19-17-4-2-1-3-14(17)15-9-16(15)18(22)21-10-12-5-7-13(8-6-12)11-25(20,23)24/h1-8,15-16H,9-11H2,(H,21,22)(H2,20,23,24)/t15-,16+/m0/s1. The molecule has 1 fully saturated rings. The highest BCUT2D eigenvalue weighted by Gasteiger charge is 2.44. The van der Waals surface area contributed by atoms with Crippen molar-refractivity contribution in [2.24, 2.45) is 11.1 Å². The smallest absolute Gasteiger partial charge is 0.224 e. The van der Waals surface area contributed by atoms with Gasteiger partial charge in [0, 0.05) is 17.5 Å². The maximum absolute atomic E-state index is 12.3. The molecule has 2 aromatic carbocycles. The molecule has 0 spiro atoms. The number of rotatable bonds is 6. The second-order valence-corrected chi connectivity index (χ2v) is 8.33. The van der Waals surface area contributed by atoms with Crippen LogP contribution in [0.3, 0.4) is 0 Å². The summed E-state index contributed by atoms with van der Waals surface area (Å²) in [5.74, 6) is -0.0350. The van der Waals surface area contributed by atoms with Crippen molar-refractivity contribution in [2.45, 2.75) is 24.6 Å². The summed E-state index contributed by atoms with van der Waals surface area (Å²) in [6.07, 6.45) is 0.808. The second kappa shape index (κ2) is 7.15. The molecule has 0 bridgehead atoms. The lowest BCUT2D eigenvalue weighted by Crippen LogP contribution is -2.24. The summed E-state index contributed by atoms with van der Waals surface area (Å²) in [7, 11) is -3.54. The Bertz CT molecular complexity index is 881. The van der Waals surface area contributed by atoms with Crippen LogP contribution in [0.15, 0.2) is 48.5 Å². The number of halogens is 1. The molecule has 0 heterocycles. The Morgan fingerprint density at radius 2 is 1.76 bits per heavy atom. The quantitative estimate of drug-likeness (QED) is 0.809. The minimum absolute atomic E-state index is 0.0125. The van der Waals surface area contributed by atoms with E-state index < -0.39 is 10.0 Å². The van der Waals surface area contributed by atoms with E-state index in [9.17, 15) is 13.2 Å². The Morgan fingerprint density at radius 1 is 1.12 bits per heavy atom. The Balaban J connectivity index is 1.53. The molecule has 0 unspecified atom stereocenters. The minimum Gasteiger partial charge on any atom is -0.352 e. The van der Waals surface area contributed by atoms with E-state index in [0.717, 1.165) is 17.5 Å². The van der Waals surface area contributed by atoms with Crippen molar-refractivity contribution in [3.05, 3.63) is 70.2 Å². The van der Waals surface area contributed by atoms with Crippen LogP contribution in [0.1, 0.15) is 29.0 Å². The molecule has 132 valence electrons. The summed E-state index contributed by atoms with van der Waals surface area (Å²) >= 11 is 6.18. The highest BCUT2D eigenvalue weighted by atomic mass is 35.5. The summed E-state index contributed by atoms with van der Waals surface area (Å²) in [6.45, 7) is 0.403. The third-order valence-electron chi connectivity index (χ3n) is 4.29. The van der Waals surface area contributed by atoms with Crippen LogP contribution in [0.4, 0.5) is 0 Å². The molecule has 5 nitrogen and oxygen atoms in total. The maximum Gasteiger partial charge on any atom is 0.224 e.